The van der Waals surface area contributed by atoms with Crippen molar-refractivity contribution in [2.45, 2.75) is 6.92 Å². The van der Waals surface area contributed by atoms with E-state index >= 15 is 0 Å². The highest BCUT2D eigenvalue weighted by Crippen LogP contribution is 2.22. The van der Waals surface area contributed by atoms with E-state index in [1.54, 1.807) is 48.5 Å². The lowest BCUT2D eigenvalue weighted by Gasteiger charge is -2.08. The average molecular weight is 335 g/mol. The molecule has 0 atom stereocenters. The second kappa shape index (κ2) is 6.34. The molecule has 0 saturated carbocycles. The molecule has 20 heavy (non-hydrogen) atoms. The van der Waals surface area contributed by atoms with Gasteiger partial charge in [-0.3, -0.25) is 4.79 Å². The van der Waals surface area contributed by atoms with Crippen molar-refractivity contribution >= 4 is 27.9 Å². The molecule has 0 N–H and O–H groups in total. The number of benzene rings is 2. The Morgan fingerprint density at radius 2 is 1.60 bits per heavy atom. The fourth-order valence-electron chi connectivity index (χ4n) is 1.54. The van der Waals surface area contributed by atoms with Gasteiger partial charge in [0.1, 0.15) is 17.1 Å². The molecule has 0 unspecified atom stereocenters. The maximum atomic E-state index is 12.1. The van der Waals surface area contributed by atoms with Gasteiger partial charge in [-0.15, -0.1) is 0 Å². The van der Waals surface area contributed by atoms with Crippen LogP contribution < -0.4 is 9.47 Å². The van der Waals surface area contributed by atoms with Crippen LogP contribution in [0.5, 0.6) is 11.5 Å². The lowest BCUT2D eigenvalue weighted by atomic mass is 10.2. The SMILES string of the molecule is CC(=O)Oc1ccccc1C(=O)Oc1ccc(Br)cc1. The number of carbonyl (C=O) groups excluding carboxylic acids is 2. The molecule has 0 saturated heterocycles. The summed E-state index contributed by atoms with van der Waals surface area (Å²) in [6.45, 7) is 1.27. The van der Waals surface area contributed by atoms with E-state index in [0.717, 1.165) is 4.47 Å². The lowest BCUT2D eigenvalue weighted by Crippen LogP contribution is -2.12. The number of hydrogen-bond acceptors (Lipinski definition) is 4. The van der Waals surface area contributed by atoms with Crippen LogP contribution in [0.4, 0.5) is 0 Å². The van der Waals surface area contributed by atoms with Gasteiger partial charge in [-0.05, 0) is 36.4 Å². The average Bonchev–Trinajstić information content (AvgIpc) is 2.41. The van der Waals surface area contributed by atoms with Gasteiger partial charge in [-0.2, -0.15) is 0 Å². The van der Waals surface area contributed by atoms with Gasteiger partial charge < -0.3 is 9.47 Å². The minimum absolute atomic E-state index is 0.183. The van der Waals surface area contributed by atoms with Crippen LogP contribution in [0, 0.1) is 0 Å². The van der Waals surface area contributed by atoms with Crippen molar-refractivity contribution in [3.8, 4) is 11.5 Å². The summed E-state index contributed by atoms with van der Waals surface area (Å²) < 4.78 is 11.1. The molecule has 5 heteroatoms. The van der Waals surface area contributed by atoms with Gasteiger partial charge in [0, 0.05) is 11.4 Å². The van der Waals surface area contributed by atoms with Crippen LogP contribution in [-0.2, 0) is 4.79 Å². The van der Waals surface area contributed by atoms with Crippen molar-refractivity contribution in [1.29, 1.82) is 0 Å². The van der Waals surface area contributed by atoms with Crippen molar-refractivity contribution in [2.75, 3.05) is 0 Å². The largest absolute Gasteiger partial charge is 0.426 e. The third kappa shape index (κ3) is 3.68. The Labute approximate surface area is 124 Å². The molecule has 0 bridgehead atoms. The Balaban J connectivity index is 2.20. The molecule has 0 amide bonds. The zero-order chi connectivity index (χ0) is 14.5. The molecular formula is C15H11BrO4. The highest BCUT2D eigenvalue weighted by atomic mass is 79.9. The molecule has 2 aromatic carbocycles. The van der Waals surface area contributed by atoms with Crippen molar-refractivity contribution in [3.63, 3.8) is 0 Å². The van der Waals surface area contributed by atoms with Crippen molar-refractivity contribution in [2.24, 2.45) is 0 Å². The predicted octanol–water partition coefficient (Wildman–Crippen LogP) is 3.59. The number of hydrogen-bond donors (Lipinski definition) is 0. The summed E-state index contributed by atoms with van der Waals surface area (Å²) in [5, 5.41) is 0. The Morgan fingerprint density at radius 1 is 0.950 bits per heavy atom. The fourth-order valence-corrected chi connectivity index (χ4v) is 1.81. The van der Waals surface area contributed by atoms with Crippen LogP contribution in [0.25, 0.3) is 0 Å². The zero-order valence-corrected chi connectivity index (χ0v) is 12.2. The number of esters is 2. The molecule has 0 aliphatic rings. The standard InChI is InChI=1S/C15H11BrO4/c1-10(17)19-14-5-3-2-4-13(14)15(18)20-12-8-6-11(16)7-9-12/h2-9H,1H3. The quantitative estimate of drug-likeness (QED) is 0.635. The highest BCUT2D eigenvalue weighted by Gasteiger charge is 2.15. The van der Waals surface area contributed by atoms with E-state index in [-0.39, 0.29) is 11.3 Å². The normalized spacial score (nSPS) is 9.90. The van der Waals surface area contributed by atoms with E-state index in [0.29, 0.717) is 5.75 Å². The van der Waals surface area contributed by atoms with Crippen LogP contribution in [0.2, 0.25) is 0 Å². The van der Waals surface area contributed by atoms with E-state index < -0.39 is 11.9 Å². The van der Waals surface area contributed by atoms with Gasteiger partial charge in [-0.1, -0.05) is 28.1 Å². The summed E-state index contributed by atoms with van der Waals surface area (Å²) >= 11 is 3.30. The first-order chi connectivity index (χ1) is 9.56. The van der Waals surface area contributed by atoms with Crippen LogP contribution in [0.3, 0.4) is 0 Å². The van der Waals surface area contributed by atoms with Gasteiger partial charge in [-0.25, -0.2) is 4.79 Å². The van der Waals surface area contributed by atoms with Gasteiger partial charge in [0.05, 0.1) is 0 Å². The first kappa shape index (κ1) is 14.3. The van der Waals surface area contributed by atoms with Crippen LogP contribution in [-0.4, -0.2) is 11.9 Å². The molecule has 0 spiro atoms. The van der Waals surface area contributed by atoms with Crippen molar-refractivity contribution in [3.05, 3.63) is 58.6 Å². The van der Waals surface area contributed by atoms with Crippen LogP contribution in [0.15, 0.2) is 53.0 Å². The Kier molecular flexibility index (Phi) is 4.53. The van der Waals surface area contributed by atoms with Gasteiger partial charge in [0.25, 0.3) is 0 Å². The minimum atomic E-state index is -0.579. The fraction of sp³-hybridized carbons (Fsp3) is 0.0667. The summed E-state index contributed by atoms with van der Waals surface area (Å²) in [5.74, 6) is -0.476. The monoisotopic (exact) mass is 334 g/mol. The van der Waals surface area contributed by atoms with Crippen molar-refractivity contribution < 1.29 is 19.1 Å². The van der Waals surface area contributed by atoms with E-state index in [1.165, 1.54) is 6.92 Å². The first-order valence-electron chi connectivity index (χ1n) is 5.81. The lowest BCUT2D eigenvalue weighted by molar-refractivity contribution is -0.131. The smallest absolute Gasteiger partial charge is 0.347 e. The Hall–Kier alpha value is -2.14. The summed E-state index contributed by atoms with van der Waals surface area (Å²) in [4.78, 5) is 23.1. The van der Waals surface area contributed by atoms with E-state index in [9.17, 15) is 9.59 Å². The first-order valence-corrected chi connectivity index (χ1v) is 6.61. The number of carbonyl (C=O) groups is 2. The maximum absolute atomic E-state index is 12.1. The predicted molar refractivity (Wildman–Crippen MR) is 76.9 cm³/mol. The molecule has 0 aromatic heterocycles. The Bertz CT molecular complexity index is 635. The molecule has 4 nitrogen and oxygen atoms in total. The molecule has 2 rings (SSSR count). The number of para-hydroxylation sites is 1. The minimum Gasteiger partial charge on any atom is -0.426 e. The zero-order valence-electron chi connectivity index (χ0n) is 10.6. The number of halogens is 1. The Morgan fingerprint density at radius 3 is 2.25 bits per heavy atom. The number of ether oxygens (including phenoxy) is 2. The van der Waals surface area contributed by atoms with Gasteiger partial charge in [0.15, 0.2) is 0 Å². The molecule has 0 aliphatic carbocycles. The van der Waals surface area contributed by atoms with Crippen LogP contribution in [0.1, 0.15) is 17.3 Å². The second-order valence-corrected chi connectivity index (χ2v) is 4.85. The molecule has 2 aromatic rings. The third-order valence-corrected chi connectivity index (χ3v) is 2.91. The molecule has 0 aliphatic heterocycles. The summed E-state index contributed by atoms with van der Waals surface area (Å²) in [6, 6.07) is 13.3. The molecule has 102 valence electrons. The summed E-state index contributed by atoms with van der Waals surface area (Å²) in [6.07, 6.45) is 0. The van der Waals surface area contributed by atoms with E-state index in [4.69, 9.17) is 9.47 Å². The highest BCUT2D eigenvalue weighted by molar-refractivity contribution is 9.10. The second-order valence-electron chi connectivity index (χ2n) is 3.93. The van der Waals surface area contributed by atoms with Crippen LogP contribution >= 0.6 is 15.9 Å². The number of rotatable bonds is 3. The van der Waals surface area contributed by atoms with Gasteiger partial charge >= 0.3 is 11.9 Å². The molecule has 0 fully saturated rings. The third-order valence-electron chi connectivity index (χ3n) is 2.38. The maximum Gasteiger partial charge on any atom is 0.347 e. The summed E-state index contributed by atoms with van der Waals surface area (Å²) in [7, 11) is 0. The van der Waals surface area contributed by atoms with E-state index in [2.05, 4.69) is 15.9 Å². The topological polar surface area (TPSA) is 52.6 Å². The molecular weight excluding hydrogens is 324 g/mol. The summed E-state index contributed by atoms with van der Waals surface area (Å²) in [5.41, 5.74) is 0.200. The van der Waals surface area contributed by atoms with Gasteiger partial charge in [0.2, 0.25) is 0 Å². The van der Waals surface area contributed by atoms with E-state index in [1.807, 2.05) is 0 Å². The molecule has 0 radical (unpaired) electrons. The van der Waals surface area contributed by atoms with Crippen molar-refractivity contribution in [1.82, 2.24) is 0 Å². The molecule has 0 heterocycles.